The third-order valence-electron chi connectivity index (χ3n) is 2.69. The average molecular weight is 274 g/mol. The molecule has 1 aromatic heterocycles. The fourth-order valence-corrected chi connectivity index (χ4v) is 2.33. The van der Waals surface area contributed by atoms with Gasteiger partial charge in [0, 0.05) is 6.54 Å². The van der Waals surface area contributed by atoms with Crippen molar-refractivity contribution < 1.29 is 4.74 Å². The molecule has 0 aliphatic carbocycles. The lowest BCUT2D eigenvalue weighted by atomic mass is 10.1. The molecule has 0 aliphatic rings. The first-order valence-electron chi connectivity index (χ1n) is 5.76. The van der Waals surface area contributed by atoms with E-state index in [1.807, 2.05) is 24.3 Å². The average Bonchev–Trinajstić information content (AvgIpc) is 2.80. The van der Waals surface area contributed by atoms with Crippen molar-refractivity contribution in [3.8, 4) is 11.8 Å². The molecular formula is C13H14N4OS. The molecule has 0 fully saturated rings. The first kappa shape index (κ1) is 13.2. The quantitative estimate of drug-likeness (QED) is 0.873. The first-order chi connectivity index (χ1) is 9.24. The van der Waals surface area contributed by atoms with E-state index in [0.717, 1.165) is 23.7 Å². The molecule has 0 unspecified atom stereocenters. The minimum Gasteiger partial charge on any atom is -0.497 e. The van der Waals surface area contributed by atoms with Crippen LogP contribution in [0.25, 0.3) is 0 Å². The van der Waals surface area contributed by atoms with E-state index < -0.39 is 0 Å². The second kappa shape index (κ2) is 6.07. The van der Waals surface area contributed by atoms with Crippen LogP contribution in [0, 0.1) is 11.3 Å². The molecule has 0 aliphatic heterocycles. The standard InChI is InChI=1S/C13H14N4OS/c1-18-10-4-2-9(3-5-10)6-7-16-13-11(8-14)12(15)17-19-13/h2-5,16H,6-7H2,1H3,(H2,15,17). The third kappa shape index (κ3) is 3.14. The van der Waals surface area contributed by atoms with Crippen molar-refractivity contribution in [2.24, 2.45) is 0 Å². The zero-order valence-corrected chi connectivity index (χ0v) is 11.3. The van der Waals surface area contributed by atoms with Gasteiger partial charge in [-0.25, -0.2) is 0 Å². The second-order valence-corrected chi connectivity index (χ2v) is 4.68. The van der Waals surface area contributed by atoms with Gasteiger partial charge in [-0.15, -0.1) is 0 Å². The van der Waals surface area contributed by atoms with Crippen LogP contribution in [0.3, 0.4) is 0 Å². The zero-order chi connectivity index (χ0) is 13.7. The number of nitrogens with two attached hydrogens (primary N) is 1. The van der Waals surface area contributed by atoms with E-state index in [4.69, 9.17) is 15.7 Å². The minimum absolute atomic E-state index is 0.291. The van der Waals surface area contributed by atoms with Crippen molar-refractivity contribution in [1.29, 1.82) is 5.26 Å². The number of hydrogen-bond acceptors (Lipinski definition) is 6. The van der Waals surface area contributed by atoms with Crippen LogP contribution < -0.4 is 15.8 Å². The maximum Gasteiger partial charge on any atom is 0.157 e. The molecule has 2 aromatic rings. The van der Waals surface area contributed by atoms with E-state index in [9.17, 15) is 0 Å². The van der Waals surface area contributed by atoms with Crippen LogP contribution in [-0.2, 0) is 6.42 Å². The molecular weight excluding hydrogens is 260 g/mol. The maximum atomic E-state index is 8.94. The number of nitrogen functional groups attached to an aromatic ring is 1. The van der Waals surface area contributed by atoms with Gasteiger partial charge in [-0.05, 0) is 35.6 Å². The molecule has 0 bridgehead atoms. The highest BCUT2D eigenvalue weighted by molar-refractivity contribution is 7.10. The van der Waals surface area contributed by atoms with Crippen LogP contribution in [0.4, 0.5) is 10.8 Å². The Morgan fingerprint density at radius 2 is 2.16 bits per heavy atom. The van der Waals surface area contributed by atoms with Crippen molar-refractivity contribution in [3.05, 3.63) is 35.4 Å². The summed E-state index contributed by atoms with van der Waals surface area (Å²) in [5.41, 5.74) is 7.22. The number of aromatic nitrogens is 1. The van der Waals surface area contributed by atoms with Crippen LogP contribution in [0.1, 0.15) is 11.1 Å². The van der Waals surface area contributed by atoms with E-state index in [1.54, 1.807) is 7.11 Å². The van der Waals surface area contributed by atoms with Crippen LogP contribution in [-0.4, -0.2) is 18.0 Å². The summed E-state index contributed by atoms with van der Waals surface area (Å²) in [6.07, 6.45) is 0.854. The molecule has 2 rings (SSSR count). The Morgan fingerprint density at radius 1 is 1.42 bits per heavy atom. The van der Waals surface area contributed by atoms with Gasteiger partial charge in [-0.3, -0.25) is 0 Å². The number of anilines is 2. The number of nitrogens with one attached hydrogen (secondary N) is 1. The minimum atomic E-state index is 0.291. The highest BCUT2D eigenvalue weighted by Crippen LogP contribution is 2.25. The monoisotopic (exact) mass is 274 g/mol. The zero-order valence-electron chi connectivity index (χ0n) is 10.5. The molecule has 0 radical (unpaired) electrons. The molecule has 0 saturated carbocycles. The molecule has 1 heterocycles. The Hall–Kier alpha value is -2.26. The normalized spacial score (nSPS) is 9.89. The Kier molecular flexibility index (Phi) is 4.21. The lowest BCUT2D eigenvalue weighted by Gasteiger charge is -2.05. The Bertz CT molecular complexity index is 586. The number of hydrogen-bond donors (Lipinski definition) is 2. The van der Waals surface area contributed by atoms with Crippen LogP contribution >= 0.6 is 11.5 Å². The van der Waals surface area contributed by atoms with Gasteiger partial charge in [0.05, 0.1) is 7.11 Å². The van der Waals surface area contributed by atoms with Gasteiger partial charge in [0.1, 0.15) is 22.4 Å². The van der Waals surface area contributed by atoms with Gasteiger partial charge in [-0.1, -0.05) is 12.1 Å². The van der Waals surface area contributed by atoms with Gasteiger partial charge >= 0.3 is 0 Å². The van der Waals surface area contributed by atoms with Crippen LogP contribution in [0.5, 0.6) is 5.75 Å². The maximum absolute atomic E-state index is 8.94. The van der Waals surface area contributed by atoms with Gasteiger partial charge in [-0.2, -0.15) is 9.64 Å². The molecule has 0 atom stereocenters. The van der Waals surface area contributed by atoms with Gasteiger partial charge < -0.3 is 15.8 Å². The van der Waals surface area contributed by atoms with Gasteiger partial charge in [0.15, 0.2) is 5.82 Å². The van der Waals surface area contributed by atoms with E-state index >= 15 is 0 Å². The Balaban J connectivity index is 1.91. The van der Waals surface area contributed by atoms with Crippen molar-refractivity contribution in [3.63, 3.8) is 0 Å². The van der Waals surface area contributed by atoms with Gasteiger partial charge in [0.25, 0.3) is 0 Å². The highest BCUT2D eigenvalue weighted by atomic mass is 32.1. The molecule has 98 valence electrons. The van der Waals surface area contributed by atoms with Crippen molar-refractivity contribution in [2.75, 3.05) is 24.7 Å². The molecule has 5 nitrogen and oxygen atoms in total. The number of nitrogens with zero attached hydrogens (tertiary/aromatic N) is 2. The summed E-state index contributed by atoms with van der Waals surface area (Å²) >= 11 is 1.21. The van der Waals surface area contributed by atoms with Crippen LogP contribution in [0.15, 0.2) is 24.3 Å². The first-order valence-corrected chi connectivity index (χ1v) is 6.54. The molecule has 0 saturated heterocycles. The largest absolute Gasteiger partial charge is 0.497 e. The number of rotatable bonds is 5. The summed E-state index contributed by atoms with van der Waals surface area (Å²) < 4.78 is 9.06. The predicted molar refractivity (Wildman–Crippen MR) is 76.4 cm³/mol. The number of benzene rings is 1. The number of nitriles is 1. The summed E-state index contributed by atoms with van der Waals surface area (Å²) in [5, 5.41) is 12.9. The number of ether oxygens (including phenoxy) is 1. The predicted octanol–water partition coefficient (Wildman–Crippen LogP) is 2.26. The lowest BCUT2D eigenvalue weighted by molar-refractivity contribution is 0.414. The van der Waals surface area contributed by atoms with Crippen molar-refractivity contribution >= 4 is 22.4 Å². The molecule has 0 amide bonds. The van der Waals surface area contributed by atoms with Crippen LogP contribution in [0.2, 0.25) is 0 Å². The van der Waals surface area contributed by atoms with Gasteiger partial charge in [0.2, 0.25) is 0 Å². The number of methoxy groups -OCH3 is 1. The topological polar surface area (TPSA) is 84.0 Å². The highest BCUT2D eigenvalue weighted by Gasteiger charge is 2.09. The molecule has 1 aromatic carbocycles. The summed E-state index contributed by atoms with van der Waals surface area (Å²) in [7, 11) is 1.65. The smallest absolute Gasteiger partial charge is 0.157 e. The summed E-state index contributed by atoms with van der Waals surface area (Å²) in [4.78, 5) is 0. The molecule has 19 heavy (non-hydrogen) atoms. The van der Waals surface area contributed by atoms with E-state index in [2.05, 4.69) is 15.8 Å². The Morgan fingerprint density at radius 3 is 2.79 bits per heavy atom. The van der Waals surface area contributed by atoms with Crippen molar-refractivity contribution in [1.82, 2.24) is 4.37 Å². The molecule has 3 N–H and O–H groups in total. The van der Waals surface area contributed by atoms with Crippen molar-refractivity contribution in [2.45, 2.75) is 6.42 Å². The fourth-order valence-electron chi connectivity index (χ4n) is 1.64. The molecule has 0 spiro atoms. The lowest BCUT2D eigenvalue weighted by Crippen LogP contribution is -2.04. The van der Waals surface area contributed by atoms with E-state index in [-0.39, 0.29) is 0 Å². The van der Waals surface area contributed by atoms with E-state index in [0.29, 0.717) is 11.4 Å². The Labute approximate surface area is 115 Å². The fraction of sp³-hybridized carbons (Fsp3) is 0.231. The summed E-state index contributed by atoms with van der Waals surface area (Å²) in [6.45, 7) is 0.725. The second-order valence-electron chi connectivity index (χ2n) is 3.91. The van der Waals surface area contributed by atoms with E-state index in [1.165, 1.54) is 17.1 Å². The third-order valence-corrected chi connectivity index (χ3v) is 3.51. The summed E-state index contributed by atoms with van der Waals surface area (Å²) in [6, 6.07) is 9.96. The SMILES string of the molecule is COc1ccc(CCNc2snc(N)c2C#N)cc1. The summed E-state index contributed by atoms with van der Waals surface area (Å²) in [5.74, 6) is 1.14. The molecule has 6 heteroatoms.